The van der Waals surface area contributed by atoms with E-state index in [0.29, 0.717) is 38.9 Å². The van der Waals surface area contributed by atoms with E-state index in [1.165, 1.54) is 0 Å². The fourth-order valence-corrected chi connectivity index (χ4v) is 4.01. The number of aromatic nitrogens is 3. The number of ether oxygens (including phenoxy) is 1. The number of amides is 2. The minimum absolute atomic E-state index is 0.0331. The summed E-state index contributed by atoms with van der Waals surface area (Å²) in [5.41, 5.74) is 1.88. The Kier molecular flexibility index (Phi) is 6.49. The van der Waals surface area contributed by atoms with Crippen molar-refractivity contribution in [2.75, 3.05) is 50.8 Å². The topological polar surface area (TPSA) is 84.6 Å². The van der Waals surface area contributed by atoms with E-state index in [4.69, 9.17) is 4.74 Å². The summed E-state index contributed by atoms with van der Waals surface area (Å²) in [6.45, 7) is 5.98. The average molecular weight is 415 g/mol. The largest absolute Gasteiger partial charge is 0.379 e. The zero-order valence-corrected chi connectivity index (χ0v) is 17.5. The highest BCUT2D eigenvalue weighted by atomic mass is 16.5. The Bertz CT molecular complexity index is 883. The number of anilines is 1. The van der Waals surface area contributed by atoms with Gasteiger partial charge in [-0.25, -0.2) is 4.68 Å². The molecule has 1 N–H and O–H groups in total. The lowest BCUT2D eigenvalue weighted by Crippen LogP contribution is -2.41. The summed E-state index contributed by atoms with van der Waals surface area (Å²) in [5.74, 6) is 0.939. The summed E-state index contributed by atoms with van der Waals surface area (Å²) >= 11 is 0. The van der Waals surface area contributed by atoms with E-state index in [9.17, 15) is 9.59 Å². The second-order valence-electron chi connectivity index (χ2n) is 7.82. The predicted octanol–water partition coefficient (Wildman–Crippen LogP) is 0.854. The van der Waals surface area contributed by atoms with Gasteiger partial charge in [0.1, 0.15) is 11.5 Å². The van der Waals surface area contributed by atoms with Gasteiger partial charge in [0, 0.05) is 64.9 Å². The van der Waals surface area contributed by atoms with Crippen LogP contribution in [0.1, 0.15) is 19.3 Å². The molecule has 30 heavy (non-hydrogen) atoms. The van der Waals surface area contributed by atoms with E-state index < -0.39 is 0 Å². The van der Waals surface area contributed by atoms with Crippen LogP contribution >= 0.6 is 0 Å². The Labute approximate surface area is 176 Å². The lowest BCUT2D eigenvalue weighted by Gasteiger charge is -2.27. The van der Waals surface area contributed by atoms with Crippen LogP contribution in [0.5, 0.6) is 0 Å². The van der Waals surface area contributed by atoms with Gasteiger partial charge in [0.25, 0.3) is 0 Å². The van der Waals surface area contributed by atoms with Gasteiger partial charge >= 0.3 is 0 Å². The van der Waals surface area contributed by atoms with E-state index in [0.717, 1.165) is 50.1 Å². The number of morpholine rings is 1. The number of hydrogen-bond acceptors (Lipinski definition) is 5. The first kappa shape index (κ1) is 20.6. The van der Waals surface area contributed by atoms with Gasteiger partial charge in [-0.15, -0.1) is 0 Å². The quantitative estimate of drug-likeness (QED) is 0.692. The molecule has 0 radical (unpaired) electrons. The van der Waals surface area contributed by atoms with Crippen molar-refractivity contribution in [1.29, 1.82) is 0 Å². The van der Waals surface area contributed by atoms with E-state index in [1.807, 2.05) is 40.7 Å². The molecule has 162 valence electrons. The molecule has 1 saturated heterocycles. The molecule has 9 nitrogen and oxygen atoms in total. The maximum Gasteiger partial charge on any atom is 0.229 e. The second-order valence-corrected chi connectivity index (χ2v) is 7.82. The molecule has 9 heteroatoms. The Balaban J connectivity index is 1.27. The van der Waals surface area contributed by atoms with E-state index in [-0.39, 0.29) is 11.8 Å². The summed E-state index contributed by atoms with van der Waals surface area (Å²) in [5, 5.41) is 7.66. The van der Waals surface area contributed by atoms with Gasteiger partial charge in [-0.3, -0.25) is 19.4 Å². The molecule has 2 aliphatic heterocycles. The van der Waals surface area contributed by atoms with Gasteiger partial charge in [0.05, 0.1) is 25.5 Å². The summed E-state index contributed by atoms with van der Waals surface area (Å²) in [6, 6.07) is 5.96. The van der Waals surface area contributed by atoms with E-state index in [2.05, 4.69) is 15.3 Å². The number of carbonyl (C=O) groups excluding carboxylic acids is 2. The Hall–Kier alpha value is -2.65. The third kappa shape index (κ3) is 4.73. The summed E-state index contributed by atoms with van der Waals surface area (Å²) in [6.07, 6.45) is 3.45. The summed E-state index contributed by atoms with van der Waals surface area (Å²) in [4.78, 5) is 28.7. The highest BCUT2D eigenvalue weighted by Crippen LogP contribution is 2.28. The standard InChI is InChI=1S/C21H30N6O3/c1-24-8-2-4-18(24)17-16-20-26(21(29)6-10-27(20)23-17)9-3-5-19(28)22-7-11-25-12-14-30-15-13-25/h2,4,8,16H,3,5-7,9-15H2,1H3,(H,22,28). The van der Waals surface area contributed by atoms with E-state index >= 15 is 0 Å². The monoisotopic (exact) mass is 414 g/mol. The van der Waals surface area contributed by atoms with Crippen LogP contribution in [0.2, 0.25) is 0 Å². The molecule has 2 amide bonds. The molecule has 4 rings (SSSR count). The number of hydrogen-bond donors (Lipinski definition) is 1. The molecule has 2 aromatic heterocycles. The van der Waals surface area contributed by atoms with E-state index in [1.54, 1.807) is 4.90 Å². The first-order valence-electron chi connectivity index (χ1n) is 10.7. The molecule has 2 aliphatic rings. The molecule has 1 fully saturated rings. The molecule has 2 aromatic rings. The zero-order chi connectivity index (χ0) is 20.9. The summed E-state index contributed by atoms with van der Waals surface area (Å²) < 4.78 is 9.24. The molecule has 0 saturated carbocycles. The van der Waals surface area contributed by atoms with Crippen molar-refractivity contribution in [2.45, 2.75) is 25.8 Å². The van der Waals surface area contributed by atoms with Crippen LogP contribution in [0.15, 0.2) is 24.4 Å². The predicted molar refractivity (Wildman–Crippen MR) is 113 cm³/mol. The van der Waals surface area contributed by atoms with Crippen molar-refractivity contribution in [2.24, 2.45) is 7.05 Å². The van der Waals surface area contributed by atoms with Gasteiger partial charge in [0.2, 0.25) is 11.8 Å². The van der Waals surface area contributed by atoms with Crippen LogP contribution in [0.25, 0.3) is 11.4 Å². The van der Waals surface area contributed by atoms with Gasteiger partial charge < -0.3 is 14.6 Å². The number of fused-ring (bicyclic) bond motifs is 1. The minimum atomic E-state index is 0.0331. The van der Waals surface area contributed by atoms with Crippen molar-refractivity contribution in [1.82, 2.24) is 24.6 Å². The van der Waals surface area contributed by atoms with Gasteiger partial charge in [-0.2, -0.15) is 5.10 Å². The number of nitrogens with one attached hydrogen (secondary N) is 1. The minimum Gasteiger partial charge on any atom is -0.379 e. The van der Waals surface area contributed by atoms with Gasteiger partial charge in [-0.1, -0.05) is 0 Å². The SMILES string of the molecule is Cn1cccc1-c1cc2n(n1)CCC(=O)N2CCCC(=O)NCCN1CCOCC1. The smallest absolute Gasteiger partial charge is 0.229 e. The van der Waals surface area contributed by atoms with Crippen LogP contribution in [0, 0.1) is 0 Å². The van der Waals surface area contributed by atoms with Gasteiger partial charge in [-0.05, 0) is 18.6 Å². The molecule has 0 aromatic carbocycles. The fourth-order valence-electron chi connectivity index (χ4n) is 4.01. The third-order valence-electron chi connectivity index (χ3n) is 5.72. The van der Waals surface area contributed by atoms with Crippen LogP contribution in [0.4, 0.5) is 5.82 Å². The third-order valence-corrected chi connectivity index (χ3v) is 5.72. The molecular weight excluding hydrogens is 384 g/mol. The zero-order valence-electron chi connectivity index (χ0n) is 17.5. The maximum absolute atomic E-state index is 12.5. The molecule has 0 spiro atoms. The Morgan fingerprint density at radius 2 is 2.07 bits per heavy atom. The highest BCUT2D eigenvalue weighted by molar-refractivity contribution is 5.94. The lowest BCUT2D eigenvalue weighted by atomic mass is 10.2. The van der Waals surface area contributed by atoms with Crippen molar-refractivity contribution in [3.05, 3.63) is 24.4 Å². The molecule has 0 unspecified atom stereocenters. The molecule has 4 heterocycles. The average Bonchev–Trinajstić information content (AvgIpc) is 3.36. The normalized spacial score (nSPS) is 17.2. The fraction of sp³-hybridized carbons (Fsp3) is 0.571. The Morgan fingerprint density at radius 1 is 1.23 bits per heavy atom. The number of nitrogens with zero attached hydrogens (tertiary/aromatic N) is 5. The van der Waals surface area contributed by atoms with Crippen molar-refractivity contribution in [3.63, 3.8) is 0 Å². The summed E-state index contributed by atoms with van der Waals surface area (Å²) in [7, 11) is 1.98. The van der Waals surface area contributed by atoms with Crippen molar-refractivity contribution >= 4 is 17.6 Å². The van der Waals surface area contributed by atoms with Crippen LogP contribution in [0.3, 0.4) is 0 Å². The number of aryl methyl sites for hydroxylation is 2. The maximum atomic E-state index is 12.5. The van der Waals surface area contributed by atoms with Crippen LogP contribution in [-0.4, -0.2) is 77.0 Å². The van der Waals surface area contributed by atoms with Crippen LogP contribution < -0.4 is 10.2 Å². The second kappa shape index (κ2) is 9.44. The molecular formula is C21H30N6O3. The Morgan fingerprint density at radius 3 is 2.83 bits per heavy atom. The molecule has 0 aliphatic carbocycles. The number of carbonyl (C=O) groups is 2. The van der Waals surface area contributed by atoms with Crippen molar-refractivity contribution < 1.29 is 14.3 Å². The van der Waals surface area contributed by atoms with Gasteiger partial charge in [0.15, 0.2) is 0 Å². The first-order chi connectivity index (χ1) is 14.6. The molecule has 0 atom stereocenters. The van der Waals surface area contributed by atoms with Crippen molar-refractivity contribution in [3.8, 4) is 11.4 Å². The highest BCUT2D eigenvalue weighted by Gasteiger charge is 2.26. The lowest BCUT2D eigenvalue weighted by molar-refractivity contribution is -0.122. The molecule has 0 bridgehead atoms. The number of rotatable bonds is 8. The first-order valence-corrected chi connectivity index (χ1v) is 10.7. The van der Waals surface area contributed by atoms with Crippen LogP contribution in [-0.2, 0) is 27.9 Å².